The van der Waals surface area contributed by atoms with E-state index in [2.05, 4.69) is 26.8 Å². The van der Waals surface area contributed by atoms with Gasteiger partial charge < -0.3 is 5.32 Å². The fraction of sp³-hybridized carbons (Fsp3) is 0.0625. The zero-order valence-corrected chi connectivity index (χ0v) is 13.4. The first-order valence-corrected chi connectivity index (χ1v) is 7.88. The van der Waals surface area contributed by atoms with Crippen LogP contribution in [0.15, 0.2) is 65.4 Å². The van der Waals surface area contributed by atoms with Crippen LogP contribution in [0.3, 0.4) is 0 Å². The van der Waals surface area contributed by atoms with Gasteiger partial charge in [0.25, 0.3) is 0 Å². The topological polar surface area (TPSA) is 93.8 Å². The second-order valence-corrected chi connectivity index (χ2v) is 5.77. The Hall–Kier alpha value is -3.00. The normalized spacial score (nSPS) is 10.5. The smallest absolute Gasteiger partial charge is 0.343 e. The summed E-state index contributed by atoms with van der Waals surface area (Å²) in [6, 6.07) is 9.48. The first-order valence-electron chi connectivity index (χ1n) is 7.06. The van der Waals surface area contributed by atoms with Crippen molar-refractivity contribution in [2.45, 2.75) is 9.92 Å². The van der Waals surface area contributed by atoms with Crippen molar-refractivity contribution in [1.29, 1.82) is 0 Å². The lowest BCUT2D eigenvalue weighted by Crippen LogP contribution is -2.06. The van der Waals surface area contributed by atoms with Crippen LogP contribution in [-0.2, 0) is 0 Å². The zero-order valence-electron chi connectivity index (χ0n) is 12.5. The molecule has 2 aromatic heterocycles. The number of nitro groups is 1. The van der Waals surface area contributed by atoms with Crippen molar-refractivity contribution < 1.29 is 4.92 Å². The van der Waals surface area contributed by atoms with Crippen LogP contribution in [0.2, 0.25) is 0 Å². The summed E-state index contributed by atoms with van der Waals surface area (Å²) in [7, 11) is 0. The fourth-order valence-electron chi connectivity index (χ4n) is 2.16. The number of fused-ring (bicyclic) bond motifs is 1. The fourth-order valence-corrected chi connectivity index (χ4v) is 3.15. The Balaban J connectivity index is 2.06. The predicted molar refractivity (Wildman–Crippen MR) is 93.2 cm³/mol. The molecule has 0 saturated heterocycles. The van der Waals surface area contributed by atoms with Crippen molar-refractivity contribution in [1.82, 2.24) is 15.0 Å². The van der Waals surface area contributed by atoms with Gasteiger partial charge in [-0.1, -0.05) is 36.0 Å². The third-order valence-electron chi connectivity index (χ3n) is 3.19. The molecule has 0 spiro atoms. The van der Waals surface area contributed by atoms with Gasteiger partial charge >= 0.3 is 5.69 Å². The summed E-state index contributed by atoms with van der Waals surface area (Å²) in [4.78, 5) is 24.2. The molecule has 8 heteroatoms. The molecule has 7 nitrogen and oxygen atoms in total. The average Bonchev–Trinajstić information content (AvgIpc) is 2.60. The Morgan fingerprint density at radius 3 is 2.88 bits per heavy atom. The van der Waals surface area contributed by atoms with Gasteiger partial charge in [-0.05, 0) is 12.1 Å². The van der Waals surface area contributed by atoms with E-state index >= 15 is 0 Å². The number of benzene rings is 1. The molecule has 120 valence electrons. The maximum atomic E-state index is 11.5. The third-order valence-corrected chi connectivity index (χ3v) is 4.23. The SMILES string of the molecule is C=CCNc1ncnc(Sc2cccc3cccnc23)c1[N+](=O)[O-]. The summed E-state index contributed by atoms with van der Waals surface area (Å²) in [5.41, 5.74) is 0.621. The third kappa shape index (κ3) is 3.18. The van der Waals surface area contributed by atoms with Gasteiger partial charge in [0.05, 0.1) is 10.4 Å². The largest absolute Gasteiger partial charge is 0.361 e. The molecule has 0 aliphatic heterocycles. The van der Waals surface area contributed by atoms with E-state index in [1.54, 1.807) is 12.3 Å². The number of nitrogens with one attached hydrogen (secondary N) is 1. The lowest BCUT2D eigenvalue weighted by molar-refractivity contribution is -0.387. The molecule has 0 saturated carbocycles. The molecule has 0 fully saturated rings. The van der Waals surface area contributed by atoms with Gasteiger partial charge in [-0.15, -0.1) is 6.58 Å². The van der Waals surface area contributed by atoms with Crippen LogP contribution in [0.1, 0.15) is 0 Å². The van der Waals surface area contributed by atoms with E-state index in [1.807, 2.05) is 30.3 Å². The molecule has 1 N–H and O–H groups in total. The maximum absolute atomic E-state index is 11.5. The van der Waals surface area contributed by atoms with E-state index in [1.165, 1.54) is 18.1 Å². The molecular formula is C16H13N5O2S. The van der Waals surface area contributed by atoms with Gasteiger partial charge in [0, 0.05) is 23.0 Å². The van der Waals surface area contributed by atoms with E-state index < -0.39 is 4.92 Å². The minimum atomic E-state index is -0.480. The number of aromatic nitrogens is 3. The van der Waals surface area contributed by atoms with Gasteiger partial charge in [-0.3, -0.25) is 15.1 Å². The molecule has 0 unspecified atom stereocenters. The first kappa shape index (κ1) is 15.9. The Labute approximate surface area is 142 Å². The standard InChI is InChI=1S/C16H13N5O2S/c1-2-8-18-15-14(21(22)23)16(20-10-19-15)24-12-7-3-5-11-6-4-9-17-13(11)12/h2-7,9-10H,1,8H2,(H,18,19,20). The molecule has 0 amide bonds. The molecular weight excluding hydrogens is 326 g/mol. The summed E-state index contributed by atoms with van der Waals surface area (Å²) in [5.74, 6) is 0.172. The highest BCUT2D eigenvalue weighted by Crippen LogP contribution is 2.38. The van der Waals surface area contributed by atoms with E-state index in [0.29, 0.717) is 6.54 Å². The average molecular weight is 339 g/mol. The Bertz CT molecular complexity index is 911. The molecule has 24 heavy (non-hydrogen) atoms. The van der Waals surface area contributed by atoms with E-state index in [-0.39, 0.29) is 16.5 Å². The van der Waals surface area contributed by atoms with Crippen LogP contribution in [0, 0.1) is 10.1 Å². The van der Waals surface area contributed by atoms with Gasteiger partial charge in [0.2, 0.25) is 5.82 Å². The summed E-state index contributed by atoms with van der Waals surface area (Å²) < 4.78 is 0. The van der Waals surface area contributed by atoms with Gasteiger partial charge in [-0.2, -0.15) is 0 Å². The number of anilines is 1. The molecule has 3 aromatic rings. The summed E-state index contributed by atoms with van der Waals surface area (Å²) in [6.45, 7) is 3.96. The van der Waals surface area contributed by atoms with Crippen LogP contribution in [0.4, 0.5) is 11.5 Å². The van der Waals surface area contributed by atoms with E-state index in [9.17, 15) is 10.1 Å². The first-order chi connectivity index (χ1) is 11.7. The Morgan fingerprint density at radius 1 is 1.25 bits per heavy atom. The van der Waals surface area contributed by atoms with Gasteiger partial charge in [0.1, 0.15) is 6.33 Å². The van der Waals surface area contributed by atoms with Crippen LogP contribution in [-0.4, -0.2) is 26.4 Å². The second-order valence-electron chi connectivity index (χ2n) is 4.74. The number of para-hydroxylation sites is 1. The van der Waals surface area contributed by atoms with Crippen molar-refractivity contribution >= 4 is 34.2 Å². The minimum Gasteiger partial charge on any atom is -0.361 e. The van der Waals surface area contributed by atoms with Gasteiger partial charge in [-0.25, -0.2) is 9.97 Å². The highest BCUT2D eigenvalue weighted by Gasteiger charge is 2.24. The van der Waals surface area contributed by atoms with E-state index in [0.717, 1.165) is 15.8 Å². The number of pyridine rings is 1. The zero-order chi connectivity index (χ0) is 16.9. The van der Waals surface area contributed by atoms with Crippen molar-refractivity contribution in [3.63, 3.8) is 0 Å². The number of rotatable bonds is 6. The molecule has 0 atom stereocenters. The van der Waals surface area contributed by atoms with Gasteiger partial charge in [0.15, 0.2) is 5.03 Å². The molecule has 0 aliphatic carbocycles. The highest BCUT2D eigenvalue weighted by molar-refractivity contribution is 7.99. The van der Waals surface area contributed by atoms with Crippen LogP contribution >= 0.6 is 11.8 Å². The minimum absolute atomic E-state index is 0.155. The molecule has 2 heterocycles. The maximum Gasteiger partial charge on any atom is 0.343 e. The van der Waals surface area contributed by atoms with Crippen LogP contribution < -0.4 is 5.32 Å². The number of hydrogen-bond acceptors (Lipinski definition) is 7. The lowest BCUT2D eigenvalue weighted by Gasteiger charge is -2.08. The molecule has 3 rings (SSSR count). The van der Waals surface area contributed by atoms with Crippen LogP contribution in [0.25, 0.3) is 10.9 Å². The quantitative estimate of drug-likeness (QED) is 0.317. The van der Waals surface area contributed by atoms with Crippen LogP contribution in [0.5, 0.6) is 0 Å². The Morgan fingerprint density at radius 2 is 2.08 bits per heavy atom. The van der Waals surface area contributed by atoms with Crippen molar-refractivity contribution in [3.05, 3.63) is 65.6 Å². The van der Waals surface area contributed by atoms with Crippen molar-refractivity contribution in [2.24, 2.45) is 0 Å². The summed E-state index contributed by atoms with van der Waals surface area (Å²) in [6.07, 6.45) is 4.60. The van der Waals surface area contributed by atoms with E-state index in [4.69, 9.17) is 0 Å². The van der Waals surface area contributed by atoms with Crippen molar-refractivity contribution in [3.8, 4) is 0 Å². The number of hydrogen-bond donors (Lipinski definition) is 1. The molecule has 0 radical (unpaired) electrons. The predicted octanol–water partition coefficient (Wildman–Crippen LogP) is 3.68. The molecule has 0 aliphatic rings. The second kappa shape index (κ2) is 7.05. The lowest BCUT2D eigenvalue weighted by atomic mass is 10.2. The summed E-state index contributed by atoms with van der Waals surface area (Å²) >= 11 is 1.20. The monoisotopic (exact) mass is 339 g/mol. The Kier molecular flexibility index (Phi) is 4.66. The number of nitrogens with zero attached hydrogens (tertiary/aromatic N) is 4. The summed E-state index contributed by atoms with van der Waals surface area (Å²) in [5, 5.41) is 15.6. The van der Waals surface area contributed by atoms with Crippen molar-refractivity contribution in [2.75, 3.05) is 11.9 Å². The highest BCUT2D eigenvalue weighted by atomic mass is 32.2. The molecule has 0 bridgehead atoms. The molecule has 1 aromatic carbocycles.